The van der Waals surface area contributed by atoms with Crippen LogP contribution in [0, 0.1) is 12.7 Å². The number of nitrogens with one attached hydrogen (secondary N) is 2. The van der Waals surface area contributed by atoms with E-state index >= 15 is 0 Å². The van der Waals surface area contributed by atoms with E-state index in [1.165, 1.54) is 24.1 Å². The predicted octanol–water partition coefficient (Wildman–Crippen LogP) is 2.40. The largest absolute Gasteiger partial charge is 0.468 e. The van der Waals surface area contributed by atoms with Crippen LogP contribution in [0.1, 0.15) is 21.6 Å². The van der Waals surface area contributed by atoms with Crippen LogP contribution in [0.4, 0.5) is 10.1 Å². The first-order chi connectivity index (χ1) is 14.9. The zero-order valence-electron chi connectivity index (χ0n) is 17.0. The Morgan fingerprint density at radius 2 is 1.81 bits per heavy atom. The number of methoxy groups -OCH3 is 1. The van der Waals surface area contributed by atoms with E-state index < -0.39 is 11.8 Å². The average molecular weight is 424 g/mol. The number of para-hydroxylation sites is 1. The Bertz CT molecular complexity index is 1110. The number of carbonyl (C=O) groups is 3. The summed E-state index contributed by atoms with van der Waals surface area (Å²) in [7, 11) is 1.24. The molecule has 0 bridgehead atoms. The van der Waals surface area contributed by atoms with E-state index in [-0.39, 0.29) is 30.5 Å². The predicted molar refractivity (Wildman–Crippen MR) is 111 cm³/mol. The molecule has 0 unspecified atom stereocenters. The van der Waals surface area contributed by atoms with Crippen molar-refractivity contribution in [2.75, 3.05) is 19.0 Å². The van der Waals surface area contributed by atoms with Crippen LogP contribution in [0.2, 0.25) is 0 Å². The second-order valence-corrected chi connectivity index (χ2v) is 6.69. The number of nitrogens with zero attached hydrogens (tertiary/aromatic N) is 2. The number of amides is 2. The van der Waals surface area contributed by atoms with Gasteiger partial charge in [0, 0.05) is 5.69 Å². The van der Waals surface area contributed by atoms with Crippen molar-refractivity contribution < 1.29 is 23.5 Å². The minimum Gasteiger partial charge on any atom is -0.468 e. The zero-order chi connectivity index (χ0) is 22.4. The minimum absolute atomic E-state index is 0.0831. The van der Waals surface area contributed by atoms with Gasteiger partial charge >= 0.3 is 5.97 Å². The van der Waals surface area contributed by atoms with Gasteiger partial charge in [0.15, 0.2) is 0 Å². The molecule has 0 saturated carbocycles. The van der Waals surface area contributed by atoms with Gasteiger partial charge in [-0.25, -0.2) is 9.07 Å². The molecule has 0 spiro atoms. The summed E-state index contributed by atoms with van der Waals surface area (Å²) >= 11 is 0. The lowest BCUT2D eigenvalue weighted by molar-refractivity contribution is -0.141. The van der Waals surface area contributed by atoms with Gasteiger partial charge in [-0.15, -0.1) is 0 Å². The lowest BCUT2D eigenvalue weighted by Crippen LogP contribution is -2.31. The maximum absolute atomic E-state index is 14.0. The molecule has 0 aliphatic carbocycles. The number of hydrogen-bond acceptors (Lipinski definition) is 5. The minimum atomic E-state index is -0.528. The van der Waals surface area contributed by atoms with E-state index in [1.807, 2.05) is 0 Å². The maximum atomic E-state index is 14.0. The number of benzene rings is 2. The molecule has 0 saturated heterocycles. The van der Waals surface area contributed by atoms with Gasteiger partial charge in [-0.1, -0.05) is 24.3 Å². The number of rotatable bonds is 7. The molecule has 0 radical (unpaired) electrons. The summed E-state index contributed by atoms with van der Waals surface area (Å²) in [5.74, 6) is -1.67. The Kier molecular flexibility index (Phi) is 6.76. The highest BCUT2D eigenvalue weighted by Gasteiger charge is 2.17. The molecule has 3 rings (SSSR count). The Morgan fingerprint density at radius 1 is 1.10 bits per heavy atom. The third-order valence-electron chi connectivity index (χ3n) is 4.57. The van der Waals surface area contributed by atoms with Crippen molar-refractivity contribution >= 4 is 23.5 Å². The van der Waals surface area contributed by atoms with Gasteiger partial charge in [-0.05, 0) is 36.8 Å². The van der Waals surface area contributed by atoms with Crippen molar-refractivity contribution in [3.8, 4) is 5.69 Å². The second-order valence-electron chi connectivity index (χ2n) is 6.69. The summed E-state index contributed by atoms with van der Waals surface area (Å²) in [6.07, 6.45) is 1.47. The van der Waals surface area contributed by atoms with Crippen LogP contribution in [0.15, 0.2) is 54.7 Å². The van der Waals surface area contributed by atoms with Gasteiger partial charge in [-0.2, -0.15) is 5.10 Å². The number of ether oxygens (including phenoxy) is 1. The summed E-state index contributed by atoms with van der Waals surface area (Å²) in [6.45, 7) is 1.49. The molecule has 9 heteroatoms. The van der Waals surface area contributed by atoms with Crippen molar-refractivity contribution in [3.63, 3.8) is 0 Å². The fourth-order valence-electron chi connectivity index (χ4n) is 2.89. The summed E-state index contributed by atoms with van der Waals surface area (Å²) in [6, 6.07) is 12.9. The lowest BCUT2D eigenvalue weighted by atomic mass is 10.1. The van der Waals surface area contributed by atoms with Gasteiger partial charge in [-0.3, -0.25) is 14.4 Å². The molecule has 2 amide bonds. The van der Waals surface area contributed by atoms with E-state index in [4.69, 9.17) is 0 Å². The van der Waals surface area contributed by atoms with E-state index in [9.17, 15) is 18.8 Å². The van der Waals surface area contributed by atoms with Crippen molar-refractivity contribution in [2.45, 2.75) is 13.3 Å². The first kappa shape index (κ1) is 21.7. The van der Waals surface area contributed by atoms with Crippen LogP contribution >= 0.6 is 0 Å². The first-order valence-corrected chi connectivity index (χ1v) is 9.42. The fourth-order valence-corrected chi connectivity index (χ4v) is 2.89. The van der Waals surface area contributed by atoms with Crippen molar-refractivity contribution in [3.05, 3.63) is 77.4 Å². The van der Waals surface area contributed by atoms with Crippen LogP contribution in [-0.2, 0) is 20.7 Å². The summed E-state index contributed by atoms with van der Waals surface area (Å²) in [4.78, 5) is 35.5. The smallest absolute Gasteiger partial charge is 0.325 e. The van der Waals surface area contributed by atoms with E-state index in [0.29, 0.717) is 22.5 Å². The van der Waals surface area contributed by atoms with Crippen LogP contribution in [0.25, 0.3) is 5.69 Å². The number of hydrogen-bond donors (Lipinski definition) is 2. The highest BCUT2D eigenvalue weighted by molar-refractivity contribution is 6.05. The van der Waals surface area contributed by atoms with Gasteiger partial charge < -0.3 is 15.4 Å². The molecule has 8 nitrogen and oxygen atoms in total. The Morgan fingerprint density at radius 3 is 2.48 bits per heavy atom. The molecule has 160 valence electrons. The molecule has 0 aliphatic heterocycles. The zero-order valence-corrected chi connectivity index (χ0v) is 17.0. The number of anilines is 1. The lowest BCUT2D eigenvalue weighted by Gasteiger charge is -2.08. The van der Waals surface area contributed by atoms with Crippen molar-refractivity contribution in [1.82, 2.24) is 15.1 Å². The Hall–Kier alpha value is -4.01. The standard InChI is InChI=1S/C22H21FN4O4/c1-14-17(12-25-27(14)19-6-4-3-5-18(19)23)22(30)26-16-9-7-15(8-10-16)11-20(28)24-13-21(29)31-2/h3-10,12H,11,13H2,1-2H3,(H,24,28)(H,26,30). The van der Waals surface area contributed by atoms with E-state index in [1.54, 1.807) is 49.4 Å². The van der Waals surface area contributed by atoms with Gasteiger partial charge in [0.1, 0.15) is 18.0 Å². The summed E-state index contributed by atoms with van der Waals surface area (Å²) in [5, 5.41) is 9.35. The second kappa shape index (κ2) is 9.66. The molecule has 0 aliphatic rings. The van der Waals surface area contributed by atoms with Gasteiger partial charge in [0.05, 0.1) is 31.0 Å². The van der Waals surface area contributed by atoms with Crippen LogP contribution < -0.4 is 10.6 Å². The molecule has 0 atom stereocenters. The molecule has 3 aromatic rings. The molecule has 2 N–H and O–H groups in total. The molecule has 1 aromatic heterocycles. The van der Waals surface area contributed by atoms with Crippen LogP contribution in [0.5, 0.6) is 0 Å². The SMILES string of the molecule is COC(=O)CNC(=O)Cc1ccc(NC(=O)c2cnn(-c3ccccc3F)c2C)cc1. The maximum Gasteiger partial charge on any atom is 0.325 e. The monoisotopic (exact) mass is 424 g/mol. The third kappa shape index (κ3) is 5.33. The Labute approximate surface area is 178 Å². The molecule has 2 aromatic carbocycles. The number of aromatic nitrogens is 2. The molecular weight excluding hydrogens is 403 g/mol. The fraction of sp³-hybridized carbons (Fsp3) is 0.182. The molecule has 1 heterocycles. The first-order valence-electron chi connectivity index (χ1n) is 9.42. The highest BCUT2D eigenvalue weighted by Crippen LogP contribution is 2.18. The van der Waals surface area contributed by atoms with Gasteiger partial charge in [0.2, 0.25) is 5.91 Å². The molecule has 0 fully saturated rings. The van der Waals surface area contributed by atoms with Crippen LogP contribution in [-0.4, -0.2) is 41.2 Å². The van der Waals surface area contributed by atoms with E-state index in [2.05, 4.69) is 20.5 Å². The Balaban J connectivity index is 1.63. The number of carbonyl (C=O) groups excluding carboxylic acids is 3. The van der Waals surface area contributed by atoms with E-state index in [0.717, 1.165) is 0 Å². The highest BCUT2D eigenvalue weighted by atomic mass is 19.1. The summed E-state index contributed by atoms with van der Waals surface area (Å²) in [5.41, 5.74) is 2.32. The van der Waals surface area contributed by atoms with Crippen molar-refractivity contribution in [1.29, 1.82) is 0 Å². The number of esters is 1. The third-order valence-corrected chi connectivity index (χ3v) is 4.57. The molecule has 31 heavy (non-hydrogen) atoms. The average Bonchev–Trinajstić information content (AvgIpc) is 3.15. The normalized spacial score (nSPS) is 10.4. The quantitative estimate of drug-likeness (QED) is 0.567. The number of halogens is 1. The molecular formula is C22H21FN4O4. The van der Waals surface area contributed by atoms with Gasteiger partial charge in [0.25, 0.3) is 5.91 Å². The summed E-state index contributed by atoms with van der Waals surface area (Å²) < 4.78 is 19.9. The van der Waals surface area contributed by atoms with Crippen LogP contribution in [0.3, 0.4) is 0 Å². The topological polar surface area (TPSA) is 102 Å². The van der Waals surface area contributed by atoms with Crippen molar-refractivity contribution in [2.24, 2.45) is 0 Å².